The van der Waals surface area contributed by atoms with Gasteiger partial charge >= 0.3 is 5.97 Å². The zero-order valence-corrected chi connectivity index (χ0v) is 8.40. The maximum atomic E-state index is 11.2. The number of carbonyl (C=O) groups excluding carboxylic acids is 1. The normalized spacial score (nSPS) is 9.79. The Morgan fingerprint density at radius 2 is 2.36 bits per heavy atom. The highest BCUT2D eigenvalue weighted by Crippen LogP contribution is 2.08. The summed E-state index contributed by atoms with van der Waals surface area (Å²) in [7, 11) is 0. The number of nitrogens with zero attached hydrogens (tertiary/aromatic N) is 1. The summed E-state index contributed by atoms with van der Waals surface area (Å²) in [4.78, 5) is 15.1. The molecule has 0 saturated heterocycles. The first-order valence-corrected chi connectivity index (χ1v) is 4.93. The van der Waals surface area contributed by atoms with Gasteiger partial charge < -0.3 is 4.74 Å². The number of aromatic nitrogens is 1. The summed E-state index contributed by atoms with van der Waals surface area (Å²) < 4.78 is 5.06. The largest absolute Gasteiger partial charge is 0.425 e. The van der Waals surface area contributed by atoms with E-state index < -0.39 is 0 Å². The Bertz CT molecular complexity index is 272. The Morgan fingerprint density at radius 1 is 1.50 bits per heavy atom. The van der Waals surface area contributed by atoms with Gasteiger partial charge in [-0.25, -0.2) is 0 Å². The minimum Gasteiger partial charge on any atom is -0.425 e. The highest BCUT2D eigenvalue weighted by Gasteiger charge is 2.03. The smallest absolute Gasteiger partial charge is 0.311 e. The van der Waals surface area contributed by atoms with E-state index >= 15 is 0 Å². The van der Waals surface area contributed by atoms with E-state index in [1.807, 2.05) is 0 Å². The maximum absolute atomic E-state index is 11.2. The lowest BCUT2D eigenvalue weighted by molar-refractivity contribution is -0.134. The molecule has 0 aromatic carbocycles. The van der Waals surface area contributed by atoms with Crippen LogP contribution < -0.4 is 4.74 Å². The van der Waals surface area contributed by atoms with E-state index in [-0.39, 0.29) is 5.97 Å². The monoisotopic (exact) mass is 193 g/mol. The van der Waals surface area contributed by atoms with Gasteiger partial charge in [0, 0.05) is 12.6 Å². The highest BCUT2D eigenvalue weighted by atomic mass is 16.5. The van der Waals surface area contributed by atoms with Gasteiger partial charge in [0.25, 0.3) is 0 Å². The lowest BCUT2D eigenvalue weighted by Crippen LogP contribution is -2.07. The van der Waals surface area contributed by atoms with Gasteiger partial charge in [-0.2, -0.15) is 0 Å². The molecule has 1 aromatic rings. The number of hydrogen-bond donors (Lipinski definition) is 0. The molecule has 0 fully saturated rings. The van der Waals surface area contributed by atoms with Crippen LogP contribution >= 0.6 is 0 Å². The third kappa shape index (κ3) is 4.03. The summed E-state index contributed by atoms with van der Waals surface area (Å²) in [5.74, 6) is 0.348. The molecule has 76 valence electrons. The van der Waals surface area contributed by atoms with Crippen molar-refractivity contribution < 1.29 is 9.53 Å². The molecular weight excluding hydrogens is 178 g/mol. The quantitative estimate of drug-likeness (QED) is 0.533. The average molecular weight is 193 g/mol. The Labute approximate surface area is 84.1 Å². The summed E-state index contributed by atoms with van der Waals surface area (Å²) in [5.41, 5.74) is 0. The molecular formula is C11H15NO2. The summed E-state index contributed by atoms with van der Waals surface area (Å²) in [6.07, 6.45) is 6.76. The molecule has 3 nitrogen and oxygen atoms in total. The van der Waals surface area contributed by atoms with Gasteiger partial charge in [0.2, 0.25) is 0 Å². The number of pyridine rings is 1. The zero-order valence-electron chi connectivity index (χ0n) is 8.40. The van der Waals surface area contributed by atoms with Gasteiger partial charge in [-0.1, -0.05) is 19.8 Å². The summed E-state index contributed by atoms with van der Waals surface area (Å²) >= 11 is 0. The summed E-state index contributed by atoms with van der Waals surface area (Å²) in [6, 6.07) is 3.47. The summed E-state index contributed by atoms with van der Waals surface area (Å²) in [5, 5.41) is 0. The van der Waals surface area contributed by atoms with Crippen LogP contribution in [0.15, 0.2) is 24.5 Å². The van der Waals surface area contributed by atoms with E-state index in [2.05, 4.69) is 11.9 Å². The van der Waals surface area contributed by atoms with E-state index in [0.717, 1.165) is 19.3 Å². The fourth-order valence-corrected chi connectivity index (χ4v) is 1.11. The molecule has 0 bridgehead atoms. The van der Waals surface area contributed by atoms with Gasteiger partial charge in [0.05, 0.1) is 6.20 Å². The van der Waals surface area contributed by atoms with Crippen LogP contribution in [0.3, 0.4) is 0 Å². The first-order chi connectivity index (χ1) is 6.83. The molecule has 0 aliphatic rings. The molecule has 0 amide bonds. The highest BCUT2D eigenvalue weighted by molar-refractivity contribution is 5.72. The van der Waals surface area contributed by atoms with Crippen LogP contribution in [0.5, 0.6) is 5.75 Å². The van der Waals surface area contributed by atoms with Crippen LogP contribution in [0, 0.1) is 0 Å². The first kappa shape index (κ1) is 10.7. The topological polar surface area (TPSA) is 39.2 Å². The Morgan fingerprint density at radius 3 is 3.00 bits per heavy atom. The second-order valence-corrected chi connectivity index (χ2v) is 3.12. The van der Waals surface area contributed by atoms with Crippen molar-refractivity contribution in [3.63, 3.8) is 0 Å². The SMILES string of the molecule is CCCCCC(=O)Oc1cccnc1. The minimum atomic E-state index is -0.175. The fraction of sp³-hybridized carbons (Fsp3) is 0.455. The number of esters is 1. The molecule has 14 heavy (non-hydrogen) atoms. The van der Waals surface area contributed by atoms with E-state index in [9.17, 15) is 4.79 Å². The molecule has 0 aliphatic carbocycles. The Hall–Kier alpha value is -1.38. The first-order valence-electron chi connectivity index (χ1n) is 4.93. The molecule has 1 rings (SSSR count). The van der Waals surface area contributed by atoms with Gasteiger partial charge in [0.1, 0.15) is 5.75 Å². The van der Waals surface area contributed by atoms with Crippen molar-refractivity contribution in [1.82, 2.24) is 4.98 Å². The molecule has 0 unspecified atom stereocenters. The molecule has 0 N–H and O–H groups in total. The third-order valence-corrected chi connectivity index (χ3v) is 1.85. The standard InChI is InChI=1S/C11H15NO2/c1-2-3-4-7-11(13)14-10-6-5-8-12-9-10/h5-6,8-9H,2-4,7H2,1H3. The molecule has 0 atom stereocenters. The Kier molecular flexibility index (Phi) is 4.69. The van der Waals surface area contributed by atoms with Crippen molar-refractivity contribution in [2.24, 2.45) is 0 Å². The van der Waals surface area contributed by atoms with Crippen LogP contribution in [-0.2, 0) is 4.79 Å². The van der Waals surface area contributed by atoms with Crippen molar-refractivity contribution in [1.29, 1.82) is 0 Å². The van der Waals surface area contributed by atoms with Crippen molar-refractivity contribution in [3.8, 4) is 5.75 Å². The van der Waals surface area contributed by atoms with E-state index in [0.29, 0.717) is 12.2 Å². The molecule has 1 heterocycles. The minimum absolute atomic E-state index is 0.175. The molecule has 0 spiro atoms. The predicted octanol–water partition coefficient (Wildman–Crippen LogP) is 2.57. The van der Waals surface area contributed by atoms with Crippen molar-refractivity contribution in [2.75, 3.05) is 0 Å². The number of rotatable bonds is 5. The summed E-state index contributed by atoms with van der Waals surface area (Å²) in [6.45, 7) is 2.10. The van der Waals surface area contributed by atoms with E-state index in [4.69, 9.17) is 4.74 Å². The molecule has 3 heteroatoms. The molecule has 0 saturated carbocycles. The third-order valence-electron chi connectivity index (χ3n) is 1.85. The average Bonchev–Trinajstić information content (AvgIpc) is 2.20. The van der Waals surface area contributed by atoms with Crippen LogP contribution in [0.4, 0.5) is 0 Å². The number of unbranched alkanes of at least 4 members (excludes halogenated alkanes) is 2. The predicted molar refractivity (Wildman–Crippen MR) is 54.0 cm³/mol. The van der Waals surface area contributed by atoms with Crippen LogP contribution in [0.1, 0.15) is 32.6 Å². The van der Waals surface area contributed by atoms with Gasteiger partial charge in [-0.3, -0.25) is 9.78 Å². The Balaban J connectivity index is 2.27. The van der Waals surface area contributed by atoms with Crippen molar-refractivity contribution in [2.45, 2.75) is 32.6 Å². The van der Waals surface area contributed by atoms with Crippen LogP contribution in [0.2, 0.25) is 0 Å². The van der Waals surface area contributed by atoms with E-state index in [1.54, 1.807) is 18.3 Å². The number of hydrogen-bond acceptors (Lipinski definition) is 3. The number of ether oxygens (including phenoxy) is 1. The van der Waals surface area contributed by atoms with Crippen LogP contribution in [-0.4, -0.2) is 11.0 Å². The van der Waals surface area contributed by atoms with Crippen LogP contribution in [0.25, 0.3) is 0 Å². The second kappa shape index (κ2) is 6.13. The lowest BCUT2D eigenvalue weighted by atomic mass is 10.2. The molecule has 0 aliphatic heterocycles. The lowest BCUT2D eigenvalue weighted by Gasteiger charge is -2.02. The zero-order chi connectivity index (χ0) is 10.2. The molecule has 1 aromatic heterocycles. The maximum Gasteiger partial charge on any atom is 0.311 e. The fourth-order valence-electron chi connectivity index (χ4n) is 1.11. The van der Waals surface area contributed by atoms with Gasteiger partial charge in [0.15, 0.2) is 0 Å². The van der Waals surface area contributed by atoms with Crippen molar-refractivity contribution in [3.05, 3.63) is 24.5 Å². The van der Waals surface area contributed by atoms with Gasteiger partial charge in [-0.15, -0.1) is 0 Å². The van der Waals surface area contributed by atoms with Gasteiger partial charge in [-0.05, 0) is 18.6 Å². The molecule has 0 radical (unpaired) electrons. The van der Waals surface area contributed by atoms with E-state index in [1.165, 1.54) is 6.20 Å². The number of carbonyl (C=O) groups is 1. The van der Waals surface area contributed by atoms with Crippen molar-refractivity contribution >= 4 is 5.97 Å². The second-order valence-electron chi connectivity index (χ2n) is 3.12.